The van der Waals surface area contributed by atoms with E-state index in [9.17, 15) is 4.79 Å². The standard InChI is InChI=1S/C16H19NO3S/c1-11-8-13(20-15(11)16(18)19-2)9-17-6-3-4-14(17)12-5-7-21-10-12/h5,7-8,10,14H,3-4,6,9H2,1-2H3. The van der Waals surface area contributed by atoms with Crippen LogP contribution in [0.1, 0.15) is 46.3 Å². The maximum absolute atomic E-state index is 11.6. The van der Waals surface area contributed by atoms with E-state index in [1.165, 1.54) is 25.5 Å². The molecule has 0 amide bonds. The van der Waals surface area contributed by atoms with Crippen molar-refractivity contribution in [2.75, 3.05) is 13.7 Å². The van der Waals surface area contributed by atoms with E-state index in [-0.39, 0.29) is 0 Å². The Kier molecular flexibility index (Phi) is 4.12. The Hall–Kier alpha value is -1.59. The molecule has 0 aliphatic carbocycles. The third-order valence-electron chi connectivity index (χ3n) is 3.99. The van der Waals surface area contributed by atoms with Crippen LogP contribution in [-0.2, 0) is 11.3 Å². The summed E-state index contributed by atoms with van der Waals surface area (Å²) in [6.45, 7) is 3.67. The molecule has 1 saturated heterocycles. The van der Waals surface area contributed by atoms with Crippen molar-refractivity contribution in [2.24, 2.45) is 0 Å². The molecule has 112 valence electrons. The molecule has 2 aromatic rings. The number of thiophene rings is 1. The number of hydrogen-bond acceptors (Lipinski definition) is 5. The molecule has 3 rings (SSSR count). The Morgan fingerprint density at radius 2 is 2.43 bits per heavy atom. The Labute approximate surface area is 128 Å². The van der Waals surface area contributed by atoms with E-state index in [4.69, 9.17) is 9.15 Å². The van der Waals surface area contributed by atoms with Crippen LogP contribution in [0.2, 0.25) is 0 Å². The molecule has 3 heterocycles. The molecule has 5 heteroatoms. The molecule has 4 nitrogen and oxygen atoms in total. The fourth-order valence-corrected chi connectivity index (χ4v) is 3.69. The lowest BCUT2D eigenvalue weighted by molar-refractivity contribution is 0.0559. The average Bonchev–Trinajstić information content (AvgIpc) is 3.18. The number of nitrogens with zero attached hydrogens (tertiary/aromatic N) is 1. The summed E-state index contributed by atoms with van der Waals surface area (Å²) in [5.41, 5.74) is 2.22. The van der Waals surface area contributed by atoms with Gasteiger partial charge in [-0.2, -0.15) is 11.3 Å². The molecular weight excluding hydrogens is 286 g/mol. The van der Waals surface area contributed by atoms with E-state index in [1.54, 1.807) is 11.3 Å². The predicted octanol–water partition coefficient (Wildman–Crippen LogP) is 3.77. The van der Waals surface area contributed by atoms with E-state index >= 15 is 0 Å². The van der Waals surface area contributed by atoms with E-state index < -0.39 is 5.97 Å². The number of esters is 1. The van der Waals surface area contributed by atoms with Gasteiger partial charge in [-0.1, -0.05) is 0 Å². The summed E-state index contributed by atoms with van der Waals surface area (Å²) >= 11 is 1.74. The van der Waals surface area contributed by atoms with Crippen molar-refractivity contribution in [3.05, 3.63) is 45.5 Å². The number of rotatable bonds is 4. The molecule has 1 aliphatic heterocycles. The zero-order valence-electron chi connectivity index (χ0n) is 12.3. The molecule has 21 heavy (non-hydrogen) atoms. The molecule has 0 bridgehead atoms. The van der Waals surface area contributed by atoms with Gasteiger partial charge in [0, 0.05) is 11.6 Å². The minimum atomic E-state index is -0.408. The highest BCUT2D eigenvalue weighted by molar-refractivity contribution is 7.07. The second-order valence-electron chi connectivity index (χ2n) is 5.40. The summed E-state index contributed by atoms with van der Waals surface area (Å²) in [7, 11) is 1.37. The van der Waals surface area contributed by atoms with Gasteiger partial charge in [-0.15, -0.1) is 0 Å². The first kappa shape index (κ1) is 14.4. The highest BCUT2D eigenvalue weighted by Crippen LogP contribution is 2.34. The Morgan fingerprint density at radius 1 is 1.57 bits per heavy atom. The smallest absolute Gasteiger partial charge is 0.374 e. The molecule has 1 fully saturated rings. The molecule has 0 spiro atoms. The summed E-state index contributed by atoms with van der Waals surface area (Å²) in [4.78, 5) is 14.0. The van der Waals surface area contributed by atoms with Gasteiger partial charge in [-0.05, 0) is 54.8 Å². The van der Waals surface area contributed by atoms with Crippen molar-refractivity contribution in [1.82, 2.24) is 4.90 Å². The number of hydrogen-bond donors (Lipinski definition) is 0. The molecule has 1 aliphatic rings. The second kappa shape index (κ2) is 6.03. The van der Waals surface area contributed by atoms with Crippen molar-refractivity contribution < 1.29 is 13.9 Å². The molecular formula is C16H19NO3S. The zero-order chi connectivity index (χ0) is 14.8. The molecule has 0 N–H and O–H groups in total. The molecule has 1 atom stereocenters. The first-order chi connectivity index (χ1) is 10.2. The highest BCUT2D eigenvalue weighted by atomic mass is 32.1. The van der Waals surface area contributed by atoms with Crippen molar-refractivity contribution >= 4 is 17.3 Å². The van der Waals surface area contributed by atoms with Crippen molar-refractivity contribution in [1.29, 1.82) is 0 Å². The number of aryl methyl sites for hydroxylation is 1. The maximum Gasteiger partial charge on any atom is 0.374 e. The average molecular weight is 305 g/mol. The first-order valence-corrected chi connectivity index (χ1v) is 8.07. The van der Waals surface area contributed by atoms with Gasteiger partial charge in [0.15, 0.2) is 0 Å². The lowest BCUT2D eigenvalue weighted by Crippen LogP contribution is -2.22. The van der Waals surface area contributed by atoms with E-state index in [1.807, 2.05) is 13.0 Å². The van der Waals surface area contributed by atoms with Gasteiger partial charge in [-0.3, -0.25) is 4.90 Å². The number of furan rings is 1. The van der Waals surface area contributed by atoms with Crippen molar-refractivity contribution in [3.63, 3.8) is 0 Å². The lowest BCUT2D eigenvalue weighted by Gasteiger charge is -2.22. The number of likely N-dealkylation sites (tertiary alicyclic amines) is 1. The van der Waals surface area contributed by atoms with E-state index in [2.05, 4.69) is 21.7 Å². The molecule has 0 saturated carbocycles. The zero-order valence-corrected chi connectivity index (χ0v) is 13.1. The minimum Gasteiger partial charge on any atom is -0.463 e. The third-order valence-corrected chi connectivity index (χ3v) is 4.69. The first-order valence-electron chi connectivity index (χ1n) is 7.13. The van der Waals surface area contributed by atoms with Crippen LogP contribution in [0.3, 0.4) is 0 Å². The van der Waals surface area contributed by atoms with Gasteiger partial charge < -0.3 is 9.15 Å². The fraction of sp³-hybridized carbons (Fsp3) is 0.438. The third kappa shape index (κ3) is 2.89. The van der Waals surface area contributed by atoms with Crippen LogP contribution in [-0.4, -0.2) is 24.5 Å². The van der Waals surface area contributed by atoms with Gasteiger partial charge in [0.25, 0.3) is 0 Å². The number of methoxy groups -OCH3 is 1. The lowest BCUT2D eigenvalue weighted by atomic mass is 10.1. The largest absolute Gasteiger partial charge is 0.463 e. The fourth-order valence-electron chi connectivity index (χ4n) is 2.98. The molecule has 2 aromatic heterocycles. The van der Waals surface area contributed by atoms with Gasteiger partial charge >= 0.3 is 5.97 Å². The monoisotopic (exact) mass is 305 g/mol. The Balaban J connectivity index is 1.75. The highest BCUT2D eigenvalue weighted by Gasteiger charge is 2.27. The molecule has 0 aromatic carbocycles. The normalized spacial score (nSPS) is 19.0. The van der Waals surface area contributed by atoms with E-state index in [0.717, 1.165) is 24.4 Å². The topological polar surface area (TPSA) is 42.7 Å². The number of carbonyl (C=O) groups is 1. The van der Waals surface area contributed by atoms with Gasteiger partial charge in [0.2, 0.25) is 5.76 Å². The van der Waals surface area contributed by atoms with E-state index in [0.29, 0.717) is 11.8 Å². The molecule has 0 radical (unpaired) electrons. The summed E-state index contributed by atoms with van der Waals surface area (Å²) in [5.74, 6) is 0.739. The summed E-state index contributed by atoms with van der Waals surface area (Å²) in [6, 6.07) is 4.60. The van der Waals surface area contributed by atoms with Crippen molar-refractivity contribution in [3.8, 4) is 0 Å². The van der Waals surface area contributed by atoms with Crippen LogP contribution in [0.15, 0.2) is 27.3 Å². The van der Waals surface area contributed by atoms with Gasteiger partial charge in [-0.25, -0.2) is 4.79 Å². The summed E-state index contributed by atoms with van der Waals surface area (Å²) < 4.78 is 10.4. The van der Waals surface area contributed by atoms with Crippen LogP contribution in [0, 0.1) is 6.92 Å². The maximum atomic E-state index is 11.6. The number of ether oxygens (including phenoxy) is 1. The van der Waals surface area contributed by atoms with Crippen LogP contribution < -0.4 is 0 Å². The summed E-state index contributed by atoms with van der Waals surface area (Å²) in [5, 5.41) is 4.34. The summed E-state index contributed by atoms with van der Waals surface area (Å²) in [6.07, 6.45) is 2.38. The SMILES string of the molecule is COC(=O)c1oc(CN2CCCC2c2ccsc2)cc1C. The van der Waals surface area contributed by atoms with Crippen molar-refractivity contribution in [2.45, 2.75) is 32.4 Å². The minimum absolute atomic E-state index is 0.318. The Bertz CT molecular complexity index is 618. The Morgan fingerprint density at radius 3 is 3.14 bits per heavy atom. The van der Waals surface area contributed by atoms with Crippen LogP contribution in [0.5, 0.6) is 0 Å². The quantitative estimate of drug-likeness (QED) is 0.806. The van der Waals surface area contributed by atoms with Crippen LogP contribution >= 0.6 is 11.3 Å². The molecule has 1 unspecified atom stereocenters. The second-order valence-corrected chi connectivity index (χ2v) is 6.18. The van der Waals surface area contributed by atoms with Gasteiger partial charge in [0.05, 0.1) is 13.7 Å². The van der Waals surface area contributed by atoms with Crippen LogP contribution in [0.4, 0.5) is 0 Å². The van der Waals surface area contributed by atoms with Gasteiger partial charge in [0.1, 0.15) is 5.76 Å². The van der Waals surface area contributed by atoms with Crippen LogP contribution in [0.25, 0.3) is 0 Å². The predicted molar refractivity (Wildman–Crippen MR) is 81.5 cm³/mol. The number of carbonyl (C=O) groups excluding carboxylic acids is 1.